The zero-order valence-electron chi connectivity index (χ0n) is 7.05. The summed E-state index contributed by atoms with van der Waals surface area (Å²) >= 11 is 5.55. The number of nitrogens with two attached hydrogens (primary N) is 1. The van der Waals surface area contributed by atoms with Crippen molar-refractivity contribution in [3.05, 3.63) is 30.1 Å². The van der Waals surface area contributed by atoms with Crippen molar-refractivity contribution < 1.29 is 0 Å². The Balaban J connectivity index is 2.40. The minimum absolute atomic E-state index is 0.213. The summed E-state index contributed by atoms with van der Waals surface area (Å²) in [6.07, 6.45) is 6.41. The van der Waals surface area contributed by atoms with Crippen molar-refractivity contribution in [2.45, 2.75) is 0 Å². The number of hydrogen-bond acceptors (Lipinski definition) is 5. The lowest BCUT2D eigenvalue weighted by atomic mass is 10.2. The Morgan fingerprint density at radius 3 is 1.79 bits per heavy atom. The number of rotatable bonds is 1. The van der Waals surface area contributed by atoms with Gasteiger partial charge in [0, 0.05) is 35.9 Å². The number of hydrogen-bond donors (Lipinski definition) is 1. The van der Waals surface area contributed by atoms with E-state index >= 15 is 0 Å². The molecule has 6 heteroatoms. The molecule has 0 atom stereocenters. The molecule has 70 valence electrons. The SMILES string of the molecule is Nc1ncc(-c2cnc(Cl)nc2)cn1. The van der Waals surface area contributed by atoms with Crippen LogP contribution < -0.4 is 5.73 Å². The Morgan fingerprint density at radius 2 is 1.29 bits per heavy atom. The molecule has 0 spiro atoms. The van der Waals surface area contributed by atoms with E-state index in [9.17, 15) is 0 Å². The Morgan fingerprint density at radius 1 is 0.857 bits per heavy atom. The number of nitrogen functional groups attached to an aromatic ring is 1. The molecular weight excluding hydrogens is 202 g/mol. The van der Waals surface area contributed by atoms with Gasteiger partial charge in [0.25, 0.3) is 0 Å². The lowest BCUT2D eigenvalue weighted by molar-refractivity contribution is 1.15. The summed E-state index contributed by atoms with van der Waals surface area (Å²) in [5.41, 5.74) is 6.96. The lowest BCUT2D eigenvalue weighted by Gasteiger charge is -1.98. The summed E-state index contributed by atoms with van der Waals surface area (Å²) in [5.74, 6) is 0.239. The average Bonchev–Trinajstić information content (AvgIpc) is 2.21. The highest BCUT2D eigenvalue weighted by Crippen LogP contribution is 2.15. The molecule has 0 fully saturated rings. The fraction of sp³-hybridized carbons (Fsp3) is 0. The molecule has 2 N–H and O–H groups in total. The second-order valence-corrected chi connectivity index (χ2v) is 2.91. The van der Waals surface area contributed by atoms with Crippen molar-refractivity contribution in [2.75, 3.05) is 5.73 Å². The zero-order chi connectivity index (χ0) is 9.97. The van der Waals surface area contributed by atoms with Crippen molar-refractivity contribution in [3.63, 3.8) is 0 Å². The Bertz CT molecular complexity index is 381. The van der Waals surface area contributed by atoms with E-state index in [1.807, 2.05) is 0 Å². The maximum absolute atomic E-state index is 5.55. The Hall–Kier alpha value is -1.75. The van der Waals surface area contributed by atoms with Crippen LogP contribution in [0.2, 0.25) is 5.28 Å². The van der Waals surface area contributed by atoms with Gasteiger partial charge >= 0.3 is 0 Å². The largest absolute Gasteiger partial charge is 0.368 e. The first-order chi connectivity index (χ1) is 6.75. The fourth-order valence-electron chi connectivity index (χ4n) is 0.948. The highest BCUT2D eigenvalue weighted by molar-refractivity contribution is 6.28. The smallest absolute Gasteiger partial charge is 0.222 e. The molecule has 2 aromatic heterocycles. The molecule has 0 bridgehead atoms. The molecule has 0 aliphatic rings. The van der Waals surface area contributed by atoms with Gasteiger partial charge < -0.3 is 5.73 Å². The summed E-state index contributed by atoms with van der Waals surface area (Å²) in [4.78, 5) is 15.4. The number of aromatic nitrogens is 4. The predicted molar refractivity (Wildman–Crippen MR) is 52.5 cm³/mol. The van der Waals surface area contributed by atoms with E-state index in [4.69, 9.17) is 17.3 Å². The third-order valence-corrected chi connectivity index (χ3v) is 1.82. The molecule has 0 unspecified atom stereocenters. The van der Waals surface area contributed by atoms with E-state index in [1.165, 1.54) is 0 Å². The van der Waals surface area contributed by atoms with Gasteiger partial charge in [-0.2, -0.15) is 0 Å². The second kappa shape index (κ2) is 3.55. The minimum atomic E-state index is 0.213. The van der Waals surface area contributed by atoms with Crippen molar-refractivity contribution in [2.24, 2.45) is 0 Å². The first-order valence-corrected chi connectivity index (χ1v) is 4.19. The summed E-state index contributed by atoms with van der Waals surface area (Å²) < 4.78 is 0. The van der Waals surface area contributed by atoms with Crippen molar-refractivity contribution in [3.8, 4) is 11.1 Å². The van der Waals surface area contributed by atoms with Gasteiger partial charge in [-0.25, -0.2) is 19.9 Å². The molecule has 0 amide bonds. The van der Waals surface area contributed by atoms with Crippen molar-refractivity contribution >= 4 is 17.5 Å². The molecule has 0 saturated heterocycles. The fourth-order valence-corrected chi connectivity index (χ4v) is 1.05. The molecule has 0 aromatic carbocycles. The van der Waals surface area contributed by atoms with E-state index in [-0.39, 0.29) is 11.2 Å². The Kier molecular flexibility index (Phi) is 2.24. The van der Waals surface area contributed by atoms with Crippen LogP contribution in [-0.4, -0.2) is 19.9 Å². The maximum atomic E-state index is 5.55. The van der Waals surface area contributed by atoms with Crippen molar-refractivity contribution in [1.82, 2.24) is 19.9 Å². The maximum Gasteiger partial charge on any atom is 0.222 e. The van der Waals surface area contributed by atoms with E-state index in [0.717, 1.165) is 11.1 Å². The summed E-state index contributed by atoms with van der Waals surface area (Å²) in [7, 11) is 0. The monoisotopic (exact) mass is 207 g/mol. The minimum Gasteiger partial charge on any atom is -0.368 e. The number of nitrogens with zero attached hydrogens (tertiary/aromatic N) is 4. The molecular formula is C8H6ClN5. The summed E-state index contributed by atoms with van der Waals surface area (Å²) in [5, 5.41) is 0.213. The van der Waals surface area contributed by atoms with Crippen LogP contribution >= 0.6 is 11.6 Å². The van der Waals surface area contributed by atoms with Gasteiger partial charge in [-0.05, 0) is 11.6 Å². The normalized spacial score (nSPS) is 10.1. The van der Waals surface area contributed by atoms with E-state index < -0.39 is 0 Å². The molecule has 0 aliphatic carbocycles. The highest BCUT2D eigenvalue weighted by Gasteiger charge is 1.99. The highest BCUT2D eigenvalue weighted by atomic mass is 35.5. The predicted octanol–water partition coefficient (Wildman–Crippen LogP) is 1.17. The third-order valence-electron chi connectivity index (χ3n) is 1.63. The van der Waals surface area contributed by atoms with Gasteiger partial charge in [-0.15, -0.1) is 0 Å². The van der Waals surface area contributed by atoms with Gasteiger partial charge in [-0.3, -0.25) is 0 Å². The second-order valence-electron chi connectivity index (χ2n) is 2.57. The van der Waals surface area contributed by atoms with E-state index in [1.54, 1.807) is 24.8 Å². The Labute approximate surface area is 85.0 Å². The first kappa shape index (κ1) is 8.83. The van der Waals surface area contributed by atoms with Gasteiger partial charge in [0.15, 0.2) is 0 Å². The number of halogens is 1. The summed E-state index contributed by atoms with van der Waals surface area (Å²) in [6.45, 7) is 0. The average molecular weight is 208 g/mol. The van der Waals surface area contributed by atoms with Crippen LogP contribution in [-0.2, 0) is 0 Å². The van der Waals surface area contributed by atoms with Crippen LogP contribution in [0.3, 0.4) is 0 Å². The standard InChI is InChI=1S/C8H6ClN5/c9-7-11-1-5(2-12-7)6-3-13-8(10)14-4-6/h1-4H,(H2,10,13,14). The van der Waals surface area contributed by atoms with Gasteiger partial charge in [-0.1, -0.05) is 0 Å². The molecule has 14 heavy (non-hydrogen) atoms. The van der Waals surface area contributed by atoms with Crippen molar-refractivity contribution in [1.29, 1.82) is 0 Å². The summed E-state index contributed by atoms with van der Waals surface area (Å²) in [6, 6.07) is 0. The third kappa shape index (κ3) is 1.77. The molecule has 2 aromatic rings. The molecule has 2 rings (SSSR count). The molecule has 5 nitrogen and oxygen atoms in total. The van der Waals surface area contributed by atoms with E-state index in [0.29, 0.717) is 0 Å². The van der Waals surface area contributed by atoms with Gasteiger partial charge in [0.1, 0.15) is 0 Å². The molecule has 2 heterocycles. The van der Waals surface area contributed by atoms with Crippen LogP contribution in [0.15, 0.2) is 24.8 Å². The van der Waals surface area contributed by atoms with Gasteiger partial charge in [0.05, 0.1) is 0 Å². The van der Waals surface area contributed by atoms with Crippen LogP contribution in [0.4, 0.5) is 5.95 Å². The van der Waals surface area contributed by atoms with Crippen LogP contribution in [0, 0.1) is 0 Å². The van der Waals surface area contributed by atoms with Crippen LogP contribution in [0.25, 0.3) is 11.1 Å². The van der Waals surface area contributed by atoms with Crippen LogP contribution in [0.5, 0.6) is 0 Å². The quantitative estimate of drug-likeness (QED) is 0.711. The molecule has 0 aliphatic heterocycles. The lowest BCUT2D eigenvalue weighted by Crippen LogP contribution is -1.94. The topological polar surface area (TPSA) is 77.6 Å². The molecule has 0 saturated carbocycles. The number of anilines is 1. The van der Waals surface area contributed by atoms with Crippen LogP contribution in [0.1, 0.15) is 0 Å². The zero-order valence-corrected chi connectivity index (χ0v) is 7.81. The van der Waals surface area contributed by atoms with E-state index in [2.05, 4.69) is 19.9 Å². The molecule has 0 radical (unpaired) electrons. The first-order valence-electron chi connectivity index (χ1n) is 3.81. The van der Waals surface area contributed by atoms with Gasteiger partial charge in [0.2, 0.25) is 11.2 Å².